The molecular weight excluding hydrogens is 540 g/mol. The van der Waals surface area contributed by atoms with Crippen LogP contribution in [0.4, 0.5) is 18.0 Å². The van der Waals surface area contributed by atoms with Crippen LogP contribution in [0.2, 0.25) is 0 Å². The molecule has 7 nitrogen and oxygen atoms in total. The fourth-order valence-electron chi connectivity index (χ4n) is 3.71. The van der Waals surface area contributed by atoms with Crippen LogP contribution in [-0.2, 0) is 4.74 Å². The van der Waals surface area contributed by atoms with Crippen LogP contribution in [0.1, 0.15) is 45.1 Å². The average Bonchev–Trinajstić information content (AvgIpc) is 3.25. The average molecular weight is 570 g/mol. The van der Waals surface area contributed by atoms with E-state index in [1.54, 1.807) is 19.2 Å². The van der Waals surface area contributed by atoms with Crippen LogP contribution < -0.4 is 15.4 Å². The largest absolute Gasteiger partial charge is 0.573 e. The predicted molar refractivity (Wildman–Crippen MR) is 126 cm³/mol. The molecule has 0 radical (unpaired) electrons. The lowest BCUT2D eigenvalue weighted by molar-refractivity contribution is -0.274. The Morgan fingerprint density at radius 1 is 1.19 bits per heavy atom. The Labute approximate surface area is 203 Å². The third-order valence-corrected chi connectivity index (χ3v) is 5.07. The van der Waals surface area contributed by atoms with Crippen molar-refractivity contribution in [3.63, 3.8) is 0 Å². The minimum Gasteiger partial charge on any atom is -0.444 e. The summed E-state index contributed by atoms with van der Waals surface area (Å²) in [4.78, 5) is 18.3. The summed E-state index contributed by atoms with van der Waals surface area (Å²) >= 11 is 0. The Kier molecular flexibility index (Phi) is 8.51. The first-order valence-electron chi connectivity index (χ1n) is 10.3. The number of nitrogens with zero attached hydrogens (tertiary/aromatic N) is 2. The number of ether oxygens (including phenoxy) is 2. The lowest BCUT2D eigenvalue weighted by atomic mass is 10.1. The van der Waals surface area contributed by atoms with Crippen LogP contribution in [0, 0.1) is 0 Å². The minimum atomic E-state index is -4.73. The molecule has 0 spiro atoms. The van der Waals surface area contributed by atoms with Crippen molar-refractivity contribution in [1.82, 2.24) is 15.5 Å². The lowest BCUT2D eigenvalue weighted by Gasteiger charge is -2.23. The Morgan fingerprint density at radius 2 is 1.88 bits per heavy atom. The number of rotatable bonds is 4. The van der Waals surface area contributed by atoms with Crippen molar-refractivity contribution < 1.29 is 27.4 Å². The van der Waals surface area contributed by atoms with Crippen molar-refractivity contribution in [2.24, 2.45) is 4.99 Å². The summed E-state index contributed by atoms with van der Waals surface area (Å²) in [5, 5.41) is 6.20. The molecule has 1 aromatic carbocycles. The van der Waals surface area contributed by atoms with Gasteiger partial charge in [-0.15, -0.1) is 37.1 Å². The summed E-state index contributed by atoms with van der Waals surface area (Å²) in [6, 6.07) is 6.12. The Morgan fingerprint density at radius 3 is 2.50 bits per heavy atom. The third kappa shape index (κ3) is 7.59. The molecule has 3 unspecified atom stereocenters. The van der Waals surface area contributed by atoms with Gasteiger partial charge in [0.2, 0.25) is 0 Å². The highest BCUT2D eigenvalue weighted by Gasteiger charge is 2.43. The van der Waals surface area contributed by atoms with Crippen LogP contribution in [0.15, 0.2) is 29.3 Å². The molecule has 2 fully saturated rings. The van der Waals surface area contributed by atoms with Gasteiger partial charge in [-0.25, -0.2) is 4.79 Å². The topological polar surface area (TPSA) is 75.2 Å². The van der Waals surface area contributed by atoms with E-state index in [4.69, 9.17) is 4.74 Å². The van der Waals surface area contributed by atoms with Gasteiger partial charge >= 0.3 is 12.5 Å². The van der Waals surface area contributed by atoms with Crippen molar-refractivity contribution in [2.45, 2.75) is 63.6 Å². The van der Waals surface area contributed by atoms with E-state index in [1.807, 2.05) is 25.7 Å². The molecule has 180 valence electrons. The fourth-order valence-corrected chi connectivity index (χ4v) is 3.71. The molecule has 1 saturated carbocycles. The van der Waals surface area contributed by atoms with Gasteiger partial charge in [0, 0.05) is 32.1 Å². The highest BCUT2D eigenvalue weighted by molar-refractivity contribution is 14.0. The molecule has 1 aromatic rings. The van der Waals surface area contributed by atoms with Crippen LogP contribution in [-0.4, -0.2) is 61.1 Å². The second-order valence-electron chi connectivity index (χ2n) is 8.80. The summed E-state index contributed by atoms with van der Waals surface area (Å²) in [6.45, 7) is 6.70. The standard InChI is InChI=1S/C21H29F3N4O3.HI/c1-20(2,3)31-19(29)26-13-9-10-28(12-13)18(25-4)27-16-11-15(16)14-7-5-6-8-17(14)30-21(22,23)24;/h5-8,13,15-16H,9-12H2,1-4H3,(H,25,27)(H,26,29);1H. The van der Waals surface area contributed by atoms with Crippen LogP contribution >= 0.6 is 24.0 Å². The number of halogens is 4. The predicted octanol–water partition coefficient (Wildman–Crippen LogP) is 4.23. The van der Waals surface area contributed by atoms with Gasteiger partial charge in [0.05, 0.1) is 6.04 Å². The summed E-state index contributed by atoms with van der Waals surface area (Å²) < 4.78 is 47.5. The first-order valence-corrected chi connectivity index (χ1v) is 10.3. The first-order chi connectivity index (χ1) is 14.4. The third-order valence-electron chi connectivity index (χ3n) is 5.07. The number of amides is 1. The molecule has 1 heterocycles. The van der Waals surface area contributed by atoms with E-state index >= 15 is 0 Å². The number of hydrogen-bond donors (Lipinski definition) is 2. The Bertz CT molecular complexity index is 829. The van der Waals surface area contributed by atoms with E-state index < -0.39 is 18.1 Å². The summed E-state index contributed by atoms with van der Waals surface area (Å²) in [6.07, 6.45) is -3.75. The van der Waals surface area contributed by atoms with E-state index in [0.29, 0.717) is 31.0 Å². The number of alkyl halides is 3. The molecule has 3 rings (SSSR count). The van der Waals surface area contributed by atoms with Crippen LogP contribution in [0.3, 0.4) is 0 Å². The number of benzene rings is 1. The van der Waals surface area contributed by atoms with Gasteiger partial charge < -0.3 is 25.0 Å². The summed E-state index contributed by atoms with van der Waals surface area (Å²) in [5.41, 5.74) is -0.0359. The maximum Gasteiger partial charge on any atom is 0.573 e. The highest BCUT2D eigenvalue weighted by Crippen LogP contribution is 2.45. The molecule has 1 amide bonds. The quantitative estimate of drug-likeness (QED) is 0.322. The molecule has 3 atom stereocenters. The zero-order valence-corrected chi connectivity index (χ0v) is 20.9. The van der Waals surface area contributed by atoms with E-state index in [0.717, 1.165) is 6.42 Å². The van der Waals surface area contributed by atoms with Crippen LogP contribution in [0.25, 0.3) is 0 Å². The van der Waals surface area contributed by atoms with Crippen molar-refractivity contribution in [1.29, 1.82) is 0 Å². The molecule has 0 bridgehead atoms. The summed E-state index contributed by atoms with van der Waals surface area (Å²) in [5.74, 6) is 0.408. The normalized spacial score (nSPS) is 23.3. The number of para-hydroxylation sites is 1. The van der Waals surface area contributed by atoms with Gasteiger partial charge in [-0.2, -0.15) is 0 Å². The number of alkyl carbamates (subject to hydrolysis) is 1. The molecule has 2 N–H and O–H groups in total. The molecule has 32 heavy (non-hydrogen) atoms. The highest BCUT2D eigenvalue weighted by atomic mass is 127. The van der Waals surface area contributed by atoms with Crippen molar-refractivity contribution >= 4 is 36.0 Å². The molecule has 1 saturated heterocycles. The molecule has 1 aliphatic carbocycles. The minimum absolute atomic E-state index is 0. The van der Waals surface area contributed by atoms with Gasteiger partial charge in [-0.05, 0) is 45.2 Å². The second kappa shape index (κ2) is 10.3. The van der Waals surface area contributed by atoms with Gasteiger partial charge in [-0.1, -0.05) is 18.2 Å². The van der Waals surface area contributed by atoms with E-state index in [1.165, 1.54) is 12.1 Å². The Balaban J connectivity index is 0.00000363. The van der Waals surface area contributed by atoms with E-state index in [2.05, 4.69) is 20.4 Å². The number of carbonyl (C=O) groups is 1. The fraction of sp³-hybridized carbons (Fsp3) is 0.619. The molecular formula is C21H30F3IN4O3. The zero-order chi connectivity index (χ0) is 22.8. The monoisotopic (exact) mass is 570 g/mol. The van der Waals surface area contributed by atoms with Crippen molar-refractivity contribution in [2.75, 3.05) is 20.1 Å². The maximum absolute atomic E-state index is 12.7. The van der Waals surface area contributed by atoms with Crippen molar-refractivity contribution in [3.8, 4) is 5.75 Å². The second-order valence-corrected chi connectivity index (χ2v) is 8.80. The smallest absolute Gasteiger partial charge is 0.444 e. The zero-order valence-electron chi connectivity index (χ0n) is 18.5. The van der Waals surface area contributed by atoms with Gasteiger partial charge in [-0.3, -0.25) is 4.99 Å². The van der Waals surface area contributed by atoms with E-state index in [9.17, 15) is 18.0 Å². The number of hydrogen-bond acceptors (Lipinski definition) is 4. The van der Waals surface area contributed by atoms with Gasteiger partial charge in [0.1, 0.15) is 11.4 Å². The van der Waals surface area contributed by atoms with Crippen molar-refractivity contribution in [3.05, 3.63) is 29.8 Å². The lowest BCUT2D eigenvalue weighted by Crippen LogP contribution is -2.44. The summed E-state index contributed by atoms with van der Waals surface area (Å²) in [7, 11) is 1.66. The van der Waals surface area contributed by atoms with Gasteiger partial charge in [0.25, 0.3) is 0 Å². The number of nitrogens with one attached hydrogen (secondary N) is 2. The molecule has 0 aromatic heterocycles. The maximum atomic E-state index is 12.7. The van der Waals surface area contributed by atoms with Gasteiger partial charge in [0.15, 0.2) is 5.96 Å². The number of aliphatic imine (C=N–C) groups is 1. The molecule has 1 aliphatic heterocycles. The Hall–Kier alpha value is -1.92. The SMILES string of the molecule is CN=C(NC1CC1c1ccccc1OC(F)(F)F)N1CCC(NC(=O)OC(C)(C)C)C1.I. The number of carbonyl (C=O) groups excluding carboxylic acids is 1. The molecule has 2 aliphatic rings. The van der Waals surface area contributed by atoms with Crippen LogP contribution in [0.5, 0.6) is 5.75 Å². The molecule has 11 heteroatoms. The van der Waals surface area contributed by atoms with E-state index in [-0.39, 0.29) is 47.7 Å². The number of guanidine groups is 1. The first kappa shape index (κ1) is 26.3. The number of likely N-dealkylation sites (tertiary alicyclic amines) is 1.